The van der Waals surface area contributed by atoms with Gasteiger partial charge in [-0.25, -0.2) is 4.98 Å². The Morgan fingerprint density at radius 1 is 1.70 bits per heavy atom. The predicted molar refractivity (Wildman–Crippen MR) is 44.8 cm³/mol. The molecule has 0 aromatic carbocycles. The Bertz CT molecular complexity index is 191. The average Bonchev–Trinajstić information content (AvgIpc) is 2.41. The lowest BCUT2D eigenvalue weighted by Crippen LogP contribution is -1.94. The van der Waals surface area contributed by atoms with Gasteiger partial charge in [-0.1, -0.05) is 6.08 Å². The maximum absolute atomic E-state index is 5.30. The number of thiazole rings is 1. The molecule has 0 spiro atoms. The largest absolute Gasteiger partial charge is 0.330 e. The van der Waals surface area contributed by atoms with Crippen LogP contribution in [0.5, 0.6) is 0 Å². The number of nitrogens with two attached hydrogens (primary N) is 1. The molecule has 10 heavy (non-hydrogen) atoms. The molecule has 1 rings (SSSR count). The molecule has 2 N–H and O–H groups in total. The fraction of sp³-hybridized carbons (Fsp3) is 0.286. The smallest absolute Gasteiger partial charge is 0.115 e. The van der Waals surface area contributed by atoms with Gasteiger partial charge >= 0.3 is 0 Å². The van der Waals surface area contributed by atoms with E-state index in [1.54, 1.807) is 17.5 Å². The molecular formula is C7H10N2S. The molecule has 0 saturated heterocycles. The van der Waals surface area contributed by atoms with Crippen LogP contribution in [0, 0.1) is 0 Å². The van der Waals surface area contributed by atoms with Gasteiger partial charge in [0.05, 0.1) is 0 Å². The van der Waals surface area contributed by atoms with E-state index in [2.05, 4.69) is 4.98 Å². The van der Waals surface area contributed by atoms with Gasteiger partial charge in [0.1, 0.15) is 5.01 Å². The number of hydrogen-bond acceptors (Lipinski definition) is 3. The zero-order valence-corrected chi connectivity index (χ0v) is 6.47. The summed E-state index contributed by atoms with van der Waals surface area (Å²) in [7, 11) is 0. The molecule has 0 bridgehead atoms. The van der Waals surface area contributed by atoms with E-state index in [-0.39, 0.29) is 0 Å². The number of rotatable bonds is 3. The summed E-state index contributed by atoms with van der Waals surface area (Å²) in [4.78, 5) is 4.08. The van der Waals surface area contributed by atoms with Crippen LogP contribution in [0.4, 0.5) is 0 Å². The van der Waals surface area contributed by atoms with Crippen LogP contribution in [0.2, 0.25) is 0 Å². The fourth-order valence-electron chi connectivity index (χ4n) is 0.597. The SMILES string of the molecule is NCC/C=C/c1nccs1. The molecule has 3 heteroatoms. The van der Waals surface area contributed by atoms with Crippen LogP contribution in [0.25, 0.3) is 6.08 Å². The Morgan fingerprint density at radius 3 is 3.20 bits per heavy atom. The number of hydrogen-bond donors (Lipinski definition) is 1. The third-order valence-electron chi connectivity index (χ3n) is 1.05. The summed E-state index contributed by atoms with van der Waals surface area (Å²) in [6.07, 6.45) is 6.77. The lowest BCUT2D eigenvalue weighted by atomic mass is 10.4. The third-order valence-corrected chi connectivity index (χ3v) is 1.79. The summed E-state index contributed by atoms with van der Waals surface area (Å²) in [6.45, 7) is 0.710. The molecule has 0 unspecified atom stereocenters. The Kier molecular flexibility index (Phi) is 3.12. The molecule has 1 aromatic heterocycles. The minimum absolute atomic E-state index is 0.710. The summed E-state index contributed by atoms with van der Waals surface area (Å²) in [5, 5.41) is 3.01. The van der Waals surface area contributed by atoms with Gasteiger partial charge in [0.2, 0.25) is 0 Å². The highest BCUT2D eigenvalue weighted by atomic mass is 32.1. The lowest BCUT2D eigenvalue weighted by Gasteiger charge is -1.82. The summed E-state index contributed by atoms with van der Waals surface area (Å²) >= 11 is 1.63. The van der Waals surface area contributed by atoms with Crippen molar-refractivity contribution in [2.75, 3.05) is 6.54 Å². The van der Waals surface area contributed by atoms with Gasteiger partial charge in [0, 0.05) is 11.6 Å². The molecule has 0 fully saturated rings. The summed E-state index contributed by atoms with van der Waals surface area (Å²) in [5.41, 5.74) is 5.30. The lowest BCUT2D eigenvalue weighted by molar-refractivity contribution is 1.01. The van der Waals surface area contributed by atoms with E-state index < -0.39 is 0 Å². The number of aromatic nitrogens is 1. The first kappa shape index (κ1) is 7.44. The first-order valence-corrected chi connectivity index (χ1v) is 4.07. The van der Waals surface area contributed by atoms with Crippen molar-refractivity contribution in [1.82, 2.24) is 4.98 Å². The van der Waals surface area contributed by atoms with Crippen LogP contribution in [0.15, 0.2) is 17.7 Å². The van der Waals surface area contributed by atoms with Gasteiger partial charge in [0.15, 0.2) is 0 Å². The highest BCUT2D eigenvalue weighted by Crippen LogP contribution is 2.05. The van der Waals surface area contributed by atoms with E-state index >= 15 is 0 Å². The van der Waals surface area contributed by atoms with Crippen LogP contribution >= 0.6 is 11.3 Å². The number of nitrogens with zero attached hydrogens (tertiary/aromatic N) is 1. The second-order valence-corrected chi connectivity index (χ2v) is 2.78. The Morgan fingerprint density at radius 2 is 2.60 bits per heavy atom. The second kappa shape index (κ2) is 4.19. The second-order valence-electron chi connectivity index (χ2n) is 1.85. The van der Waals surface area contributed by atoms with Gasteiger partial charge in [-0.3, -0.25) is 0 Å². The van der Waals surface area contributed by atoms with Gasteiger partial charge in [-0.05, 0) is 19.0 Å². The van der Waals surface area contributed by atoms with Crippen molar-refractivity contribution < 1.29 is 0 Å². The maximum Gasteiger partial charge on any atom is 0.115 e. The van der Waals surface area contributed by atoms with Gasteiger partial charge in [0.25, 0.3) is 0 Å². The zero-order chi connectivity index (χ0) is 7.23. The van der Waals surface area contributed by atoms with Crippen molar-refractivity contribution in [2.45, 2.75) is 6.42 Å². The summed E-state index contributed by atoms with van der Waals surface area (Å²) in [6, 6.07) is 0. The average molecular weight is 154 g/mol. The van der Waals surface area contributed by atoms with Gasteiger partial charge in [-0.2, -0.15) is 0 Å². The van der Waals surface area contributed by atoms with Crippen molar-refractivity contribution in [3.05, 3.63) is 22.7 Å². The van der Waals surface area contributed by atoms with Crippen LogP contribution in [-0.4, -0.2) is 11.5 Å². The molecule has 0 atom stereocenters. The molecule has 1 aromatic rings. The van der Waals surface area contributed by atoms with Crippen molar-refractivity contribution in [1.29, 1.82) is 0 Å². The minimum Gasteiger partial charge on any atom is -0.330 e. The highest BCUT2D eigenvalue weighted by molar-refractivity contribution is 7.10. The molecule has 0 saturated carbocycles. The van der Waals surface area contributed by atoms with Crippen LogP contribution in [-0.2, 0) is 0 Å². The zero-order valence-electron chi connectivity index (χ0n) is 5.66. The van der Waals surface area contributed by atoms with Crippen molar-refractivity contribution in [3.63, 3.8) is 0 Å². The van der Waals surface area contributed by atoms with Gasteiger partial charge < -0.3 is 5.73 Å². The summed E-state index contributed by atoms with van der Waals surface area (Å²) in [5.74, 6) is 0. The monoisotopic (exact) mass is 154 g/mol. The van der Waals surface area contributed by atoms with Crippen LogP contribution in [0.3, 0.4) is 0 Å². The first-order valence-electron chi connectivity index (χ1n) is 3.19. The minimum atomic E-state index is 0.710. The Labute approximate surface area is 64.4 Å². The Balaban J connectivity index is 2.40. The summed E-state index contributed by atoms with van der Waals surface area (Å²) < 4.78 is 0. The highest BCUT2D eigenvalue weighted by Gasteiger charge is 1.84. The molecule has 54 valence electrons. The van der Waals surface area contributed by atoms with E-state index in [4.69, 9.17) is 5.73 Å². The third kappa shape index (κ3) is 2.29. The fourth-order valence-corrected chi connectivity index (χ4v) is 1.15. The molecule has 0 aliphatic carbocycles. The Hall–Kier alpha value is -0.670. The van der Waals surface area contributed by atoms with Crippen molar-refractivity contribution in [2.24, 2.45) is 5.73 Å². The first-order chi connectivity index (χ1) is 4.93. The topological polar surface area (TPSA) is 38.9 Å². The quantitative estimate of drug-likeness (QED) is 0.716. The van der Waals surface area contributed by atoms with Crippen molar-refractivity contribution in [3.8, 4) is 0 Å². The van der Waals surface area contributed by atoms with E-state index in [1.165, 1.54) is 0 Å². The molecule has 0 radical (unpaired) electrons. The van der Waals surface area contributed by atoms with Crippen LogP contribution < -0.4 is 5.73 Å². The molecular weight excluding hydrogens is 144 g/mol. The predicted octanol–water partition coefficient (Wildman–Crippen LogP) is 1.51. The van der Waals surface area contributed by atoms with E-state index in [0.29, 0.717) is 6.54 Å². The van der Waals surface area contributed by atoms with Gasteiger partial charge in [-0.15, -0.1) is 11.3 Å². The van der Waals surface area contributed by atoms with Crippen LogP contribution in [0.1, 0.15) is 11.4 Å². The molecule has 0 aliphatic rings. The van der Waals surface area contributed by atoms with E-state index in [0.717, 1.165) is 11.4 Å². The standard InChI is InChI=1S/C7H10N2S/c8-4-2-1-3-7-9-5-6-10-7/h1,3,5-6H,2,4,8H2/b3-1+. The van der Waals surface area contributed by atoms with E-state index in [1.807, 2.05) is 17.5 Å². The molecule has 0 aliphatic heterocycles. The van der Waals surface area contributed by atoms with Crippen molar-refractivity contribution >= 4 is 17.4 Å². The maximum atomic E-state index is 5.30. The van der Waals surface area contributed by atoms with E-state index in [9.17, 15) is 0 Å². The molecule has 2 nitrogen and oxygen atoms in total. The molecule has 0 amide bonds. The molecule has 1 heterocycles. The normalized spacial score (nSPS) is 10.9.